The van der Waals surface area contributed by atoms with Crippen molar-refractivity contribution in [2.45, 2.75) is 50.9 Å². The molecule has 0 unspecified atom stereocenters. The van der Waals surface area contributed by atoms with Crippen molar-refractivity contribution in [1.82, 2.24) is 0 Å². The van der Waals surface area contributed by atoms with E-state index < -0.39 is 5.92 Å². The third kappa shape index (κ3) is 3.41. The summed E-state index contributed by atoms with van der Waals surface area (Å²) >= 11 is 0. The Morgan fingerprint density at radius 1 is 1.17 bits per heavy atom. The van der Waals surface area contributed by atoms with Crippen molar-refractivity contribution in [3.8, 4) is 0 Å². The fourth-order valence-electron chi connectivity index (χ4n) is 2.55. The predicted molar refractivity (Wildman–Crippen MR) is 71.1 cm³/mol. The number of benzene rings is 1. The Morgan fingerprint density at radius 2 is 1.78 bits per heavy atom. The quantitative estimate of drug-likeness (QED) is 0.655. The first-order valence-corrected chi connectivity index (χ1v) is 6.68. The SMILES string of the molecule is CC=CCc1ccc(C2CCC(F)(F)CC2)cc1. The van der Waals surface area contributed by atoms with Gasteiger partial charge in [0.1, 0.15) is 0 Å². The van der Waals surface area contributed by atoms with Crippen LogP contribution < -0.4 is 0 Å². The van der Waals surface area contributed by atoms with Crippen LogP contribution >= 0.6 is 0 Å². The fraction of sp³-hybridized carbons (Fsp3) is 0.500. The van der Waals surface area contributed by atoms with Crippen LogP contribution in [0.4, 0.5) is 8.78 Å². The zero-order chi connectivity index (χ0) is 13.0. The minimum absolute atomic E-state index is 0.0397. The molecule has 0 atom stereocenters. The lowest BCUT2D eigenvalue weighted by atomic mass is 9.82. The molecular formula is C16H20F2. The summed E-state index contributed by atoms with van der Waals surface area (Å²) in [4.78, 5) is 0. The van der Waals surface area contributed by atoms with Crippen LogP contribution in [0.15, 0.2) is 36.4 Å². The molecule has 0 nitrogen and oxygen atoms in total. The second kappa shape index (κ2) is 5.64. The lowest BCUT2D eigenvalue weighted by Gasteiger charge is -2.28. The van der Waals surface area contributed by atoms with E-state index >= 15 is 0 Å². The number of hydrogen-bond acceptors (Lipinski definition) is 0. The van der Waals surface area contributed by atoms with Crippen molar-refractivity contribution in [1.29, 1.82) is 0 Å². The summed E-state index contributed by atoms with van der Waals surface area (Å²) in [6.45, 7) is 2.01. The zero-order valence-corrected chi connectivity index (χ0v) is 10.8. The van der Waals surface area contributed by atoms with E-state index in [-0.39, 0.29) is 12.8 Å². The monoisotopic (exact) mass is 250 g/mol. The Morgan fingerprint density at radius 3 is 2.33 bits per heavy atom. The summed E-state index contributed by atoms with van der Waals surface area (Å²) < 4.78 is 26.2. The molecule has 0 radical (unpaired) electrons. The summed E-state index contributed by atoms with van der Waals surface area (Å²) in [5.74, 6) is -2.11. The van der Waals surface area contributed by atoms with E-state index in [1.807, 2.05) is 13.0 Å². The largest absolute Gasteiger partial charge is 0.248 e. The van der Waals surface area contributed by atoms with E-state index in [0.717, 1.165) is 6.42 Å². The van der Waals surface area contributed by atoms with Crippen molar-refractivity contribution >= 4 is 0 Å². The Bertz CT molecular complexity index is 394. The molecule has 2 heteroatoms. The fourth-order valence-corrected chi connectivity index (χ4v) is 2.55. The predicted octanol–water partition coefficient (Wildman–Crippen LogP) is 5.10. The minimum Gasteiger partial charge on any atom is -0.207 e. The summed E-state index contributed by atoms with van der Waals surface area (Å²) in [6.07, 6.45) is 6.41. The van der Waals surface area contributed by atoms with Crippen LogP contribution in [0.3, 0.4) is 0 Å². The average Bonchev–Trinajstić information content (AvgIpc) is 2.37. The second-order valence-corrected chi connectivity index (χ2v) is 5.14. The highest BCUT2D eigenvalue weighted by Gasteiger charge is 2.35. The summed E-state index contributed by atoms with van der Waals surface area (Å²) in [6, 6.07) is 8.43. The van der Waals surface area contributed by atoms with E-state index in [4.69, 9.17) is 0 Å². The Balaban J connectivity index is 1.98. The van der Waals surface area contributed by atoms with Gasteiger partial charge in [-0.1, -0.05) is 36.4 Å². The van der Waals surface area contributed by atoms with Crippen LogP contribution in [0.1, 0.15) is 49.7 Å². The molecule has 1 fully saturated rings. The Kier molecular flexibility index (Phi) is 4.15. The lowest BCUT2D eigenvalue weighted by Crippen LogP contribution is -2.23. The van der Waals surface area contributed by atoms with Gasteiger partial charge in [0.2, 0.25) is 5.92 Å². The van der Waals surface area contributed by atoms with Crippen molar-refractivity contribution in [3.63, 3.8) is 0 Å². The highest BCUT2D eigenvalue weighted by Crippen LogP contribution is 2.40. The number of hydrogen-bond donors (Lipinski definition) is 0. The van der Waals surface area contributed by atoms with Crippen LogP contribution in [-0.2, 0) is 6.42 Å². The maximum atomic E-state index is 13.1. The molecule has 98 valence electrons. The van der Waals surface area contributed by atoms with Gasteiger partial charge in [0.05, 0.1) is 0 Å². The van der Waals surface area contributed by atoms with Gasteiger partial charge in [0.15, 0.2) is 0 Å². The molecular weight excluding hydrogens is 230 g/mol. The van der Waals surface area contributed by atoms with Gasteiger partial charge in [0, 0.05) is 12.8 Å². The number of rotatable bonds is 3. The number of allylic oxidation sites excluding steroid dienone is 2. The van der Waals surface area contributed by atoms with Gasteiger partial charge in [-0.05, 0) is 43.2 Å². The summed E-state index contributed by atoms with van der Waals surface area (Å²) in [7, 11) is 0. The van der Waals surface area contributed by atoms with Crippen LogP contribution in [-0.4, -0.2) is 5.92 Å². The molecule has 1 aromatic carbocycles. The first-order chi connectivity index (χ1) is 8.61. The van der Waals surface area contributed by atoms with Crippen LogP contribution in [0.2, 0.25) is 0 Å². The maximum Gasteiger partial charge on any atom is 0.248 e. The maximum absolute atomic E-state index is 13.1. The van der Waals surface area contributed by atoms with Crippen molar-refractivity contribution in [2.24, 2.45) is 0 Å². The van der Waals surface area contributed by atoms with Gasteiger partial charge in [-0.2, -0.15) is 0 Å². The van der Waals surface area contributed by atoms with Crippen molar-refractivity contribution in [2.75, 3.05) is 0 Å². The zero-order valence-electron chi connectivity index (χ0n) is 10.8. The molecule has 1 aromatic rings. The van der Waals surface area contributed by atoms with Gasteiger partial charge in [-0.15, -0.1) is 0 Å². The Hall–Kier alpha value is -1.18. The van der Waals surface area contributed by atoms with Crippen LogP contribution in [0.5, 0.6) is 0 Å². The molecule has 0 N–H and O–H groups in total. The molecule has 1 saturated carbocycles. The standard InChI is InChI=1S/C16H20F2/c1-2-3-4-13-5-7-14(8-6-13)15-9-11-16(17,18)12-10-15/h2-3,5-8,15H,4,9-12H2,1H3. The summed E-state index contributed by atoms with van der Waals surface area (Å²) in [5.41, 5.74) is 2.49. The third-order valence-electron chi connectivity index (χ3n) is 3.76. The second-order valence-electron chi connectivity index (χ2n) is 5.14. The number of alkyl halides is 2. The molecule has 0 saturated heterocycles. The first-order valence-electron chi connectivity index (χ1n) is 6.68. The molecule has 0 aromatic heterocycles. The van der Waals surface area contributed by atoms with E-state index in [2.05, 4.69) is 30.3 Å². The molecule has 0 heterocycles. The highest BCUT2D eigenvalue weighted by atomic mass is 19.3. The van der Waals surface area contributed by atoms with E-state index in [0.29, 0.717) is 18.8 Å². The molecule has 1 aliphatic carbocycles. The molecule has 0 spiro atoms. The van der Waals surface area contributed by atoms with Gasteiger partial charge < -0.3 is 0 Å². The minimum atomic E-state index is -2.43. The molecule has 0 bridgehead atoms. The lowest BCUT2D eigenvalue weighted by molar-refractivity contribution is -0.0382. The average molecular weight is 250 g/mol. The first kappa shape index (κ1) is 13.3. The number of halogens is 2. The molecule has 0 aliphatic heterocycles. The van der Waals surface area contributed by atoms with Gasteiger partial charge >= 0.3 is 0 Å². The Labute approximate surface area is 108 Å². The normalized spacial score (nSPS) is 20.4. The smallest absolute Gasteiger partial charge is 0.207 e. The van der Waals surface area contributed by atoms with Crippen LogP contribution in [0.25, 0.3) is 0 Å². The van der Waals surface area contributed by atoms with Gasteiger partial charge in [0.25, 0.3) is 0 Å². The topological polar surface area (TPSA) is 0 Å². The van der Waals surface area contributed by atoms with Gasteiger partial charge in [-0.3, -0.25) is 0 Å². The highest BCUT2D eigenvalue weighted by molar-refractivity contribution is 5.27. The van der Waals surface area contributed by atoms with Crippen LogP contribution in [0, 0.1) is 0 Å². The van der Waals surface area contributed by atoms with Crippen molar-refractivity contribution < 1.29 is 8.78 Å². The van der Waals surface area contributed by atoms with E-state index in [9.17, 15) is 8.78 Å². The third-order valence-corrected chi connectivity index (χ3v) is 3.76. The summed E-state index contributed by atoms with van der Waals surface area (Å²) in [5, 5.41) is 0. The van der Waals surface area contributed by atoms with Gasteiger partial charge in [-0.25, -0.2) is 8.78 Å². The molecule has 18 heavy (non-hydrogen) atoms. The molecule has 2 rings (SSSR count). The van der Waals surface area contributed by atoms with E-state index in [1.165, 1.54) is 11.1 Å². The van der Waals surface area contributed by atoms with Crippen molar-refractivity contribution in [3.05, 3.63) is 47.5 Å². The van der Waals surface area contributed by atoms with E-state index in [1.54, 1.807) is 0 Å². The molecule has 0 amide bonds. The molecule has 1 aliphatic rings.